The van der Waals surface area contributed by atoms with Crippen LogP contribution in [0.3, 0.4) is 0 Å². The molecule has 3 nitrogen and oxygen atoms in total. The van der Waals surface area contributed by atoms with Crippen molar-refractivity contribution in [3.05, 3.63) is 33.8 Å². The van der Waals surface area contributed by atoms with Crippen LogP contribution >= 0.6 is 23.2 Å². The third-order valence-corrected chi connectivity index (χ3v) is 4.50. The molecule has 0 unspecified atom stereocenters. The topological polar surface area (TPSA) is 23.6 Å². The quantitative estimate of drug-likeness (QED) is 0.797. The van der Waals surface area contributed by atoms with Crippen LogP contribution < -0.4 is 0 Å². The van der Waals surface area contributed by atoms with Gasteiger partial charge in [-0.3, -0.25) is 9.69 Å². The van der Waals surface area contributed by atoms with E-state index < -0.39 is 0 Å². The summed E-state index contributed by atoms with van der Waals surface area (Å²) in [4.78, 5) is 16.8. The molecule has 1 aromatic carbocycles. The fourth-order valence-electron chi connectivity index (χ4n) is 2.59. The second kappa shape index (κ2) is 6.90. The molecule has 0 aliphatic carbocycles. The highest BCUT2D eigenvalue weighted by molar-refractivity contribution is 6.36. The number of carbonyl (C=O) groups excluding carboxylic acids is 1. The van der Waals surface area contributed by atoms with Crippen LogP contribution in [0.15, 0.2) is 18.2 Å². The maximum Gasteiger partial charge on any atom is 0.178 e. The summed E-state index contributed by atoms with van der Waals surface area (Å²) >= 11 is 12.0. The Morgan fingerprint density at radius 1 is 1.35 bits per heavy atom. The molecule has 1 aromatic rings. The van der Waals surface area contributed by atoms with Gasteiger partial charge in [-0.05, 0) is 58.2 Å². The summed E-state index contributed by atoms with van der Waals surface area (Å²) in [5.74, 6) is 0.0268. The van der Waals surface area contributed by atoms with Crippen molar-refractivity contribution in [1.29, 1.82) is 0 Å². The zero-order chi connectivity index (χ0) is 14.7. The minimum atomic E-state index is 0.0268. The van der Waals surface area contributed by atoms with Crippen molar-refractivity contribution in [1.82, 2.24) is 9.80 Å². The maximum atomic E-state index is 12.3. The summed E-state index contributed by atoms with van der Waals surface area (Å²) < 4.78 is 0. The molecule has 0 spiro atoms. The van der Waals surface area contributed by atoms with Gasteiger partial charge in [-0.1, -0.05) is 23.2 Å². The smallest absolute Gasteiger partial charge is 0.178 e. The van der Waals surface area contributed by atoms with E-state index in [9.17, 15) is 4.79 Å². The molecule has 1 fully saturated rings. The molecule has 0 aromatic heterocycles. The standard InChI is InChI=1S/C15H20Cl2N2O/c1-18-7-5-12(6-8-18)19(2)10-15(20)13-9-11(16)3-4-14(13)17/h3-4,9,12H,5-8,10H2,1-2H3. The molecule has 0 N–H and O–H groups in total. The first-order chi connectivity index (χ1) is 9.47. The predicted octanol–water partition coefficient (Wildman–Crippen LogP) is 3.20. The summed E-state index contributed by atoms with van der Waals surface area (Å²) in [7, 11) is 4.14. The SMILES string of the molecule is CN1CCC(N(C)CC(=O)c2cc(Cl)ccc2Cl)CC1. The Morgan fingerprint density at radius 3 is 2.65 bits per heavy atom. The van der Waals surface area contributed by atoms with E-state index in [1.165, 1.54) is 0 Å². The number of halogens is 2. The van der Waals surface area contributed by atoms with E-state index in [0.717, 1.165) is 25.9 Å². The van der Waals surface area contributed by atoms with Gasteiger partial charge in [0.15, 0.2) is 5.78 Å². The monoisotopic (exact) mass is 314 g/mol. The average molecular weight is 315 g/mol. The molecule has 1 saturated heterocycles. The summed E-state index contributed by atoms with van der Waals surface area (Å²) in [6.45, 7) is 2.55. The number of Topliss-reactive ketones (excluding diaryl/α,β-unsaturated/α-hetero) is 1. The number of benzene rings is 1. The molecule has 2 rings (SSSR count). The van der Waals surface area contributed by atoms with E-state index in [4.69, 9.17) is 23.2 Å². The molecule has 0 saturated carbocycles. The van der Waals surface area contributed by atoms with Crippen molar-refractivity contribution in [3.63, 3.8) is 0 Å². The lowest BCUT2D eigenvalue weighted by atomic mass is 10.0. The number of hydrogen-bond acceptors (Lipinski definition) is 3. The number of likely N-dealkylation sites (N-methyl/N-ethyl adjacent to an activating group) is 1. The normalized spacial score (nSPS) is 17.6. The van der Waals surface area contributed by atoms with Crippen LogP contribution in [0.4, 0.5) is 0 Å². The molecular weight excluding hydrogens is 295 g/mol. The van der Waals surface area contributed by atoms with Gasteiger partial charge >= 0.3 is 0 Å². The Morgan fingerprint density at radius 2 is 2.00 bits per heavy atom. The van der Waals surface area contributed by atoms with Crippen molar-refractivity contribution in [2.45, 2.75) is 18.9 Å². The number of nitrogens with zero attached hydrogens (tertiary/aromatic N) is 2. The molecular formula is C15H20Cl2N2O. The minimum absolute atomic E-state index is 0.0268. The third-order valence-electron chi connectivity index (χ3n) is 3.93. The van der Waals surface area contributed by atoms with E-state index in [1.807, 2.05) is 7.05 Å². The van der Waals surface area contributed by atoms with Crippen LogP contribution in [0.5, 0.6) is 0 Å². The van der Waals surface area contributed by atoms with Crippen LogP contribution in [0.25, 0.3) is 0 Å². The van der Waals surface area contributed by atoms with Crippen molar-refractivity contribution in [2.75, 3.05) is 33.7 Å². The highest BCUT2D eigenvalue weighted by atomic mass is 35.5. The molecule has 20 heavy (non-hydrogen) atoms. The Balaban J connectivity index is 1.98. The molecule has 1 heterocycles. The Kier molecular flexibility index (Phi) is 5.44. The van der Waals surface area contributed by atoms with Crippen molar-refractivity contribution >= 4 is 29.0 Å². The summed E-state index contributed by atoms with van der Waals surface area (Å²) in [5.41, 5.74) is 0.513. The van der Waals surface area contributed by atoms with Gasteiger partial charge in [0.05, 0.1) is 11.6 Å². The Labute approximate surface area is 130 Å². The van der Waals surface area contributed by atoms with Crippen LogP contribution in [0.2, 0.25) is 10.0 Å². The molecule has 0 atom stereocenters. The molecule has 1 aliphatic heterocycles. The first-order valence-corrected chi connectivity index (χ1v) is 7.60. The van der Waals surface area contributed by atoms with Crippen LogP contribution in [0.1, 0.15) is 23.2 Å². The third kappa shape index (κ3) is 3.95. The highest BCUT2D eigenvalue weighted by Gasteiger charge is 2.23. The zero-order valence-corrected chi connectivity index (χ0v) is 13.4. The van der Waals surface area contributed by atoms with Gasteiger partial charge in [0.1, 0.15) is 0 Å². The summed E-state index contributed by atoms with van der Waals surface area (Å²) in [6.07, 6.45) is 2.20. The van der Waals surface area contributed by atoms with Gasteiger partial charge in [-0.2, -0.15) is 0 Å². The molecule has 110 valence electrons. The van der Waals surface area contributed by atoms with Gasteiger partial charge in [-0.15, -0.1) is 0 Å². The largest absolute Gasteiger partial charge is 0.306 e. The maximum absolute atomic E-state index is 12.3. The number of hydrogen-bond donors (Lipinski definition) is 0. The minimum Gasteiger partial charge on any atom is -0.306 e. The first-order valence-electron chi connectivity index (χ1n) is 6.84. The second-order valence-electron chi connectivity index (χ2n) is 5.50. The summed E-state index contributed by atoms with van der Waals surface area (Å²) in [6, 6.07) is 5.48. The van der Waals surface area contributed by atoms with Gasteiger partial charge in [-0.25, -0.2) is 0 Å². The predicted molar refractivity (Wildman–Crippen MR) is 83.9 cm³/mol. The Hall–Kier alpha value is -0.610. The van der Waals surface area contributed by atoms with Gasteiger partial charge < -0.3 is 4.90 Å². The number of ketones is 1. The van der Waals surface area contributed by atoms with Gasteiger partial charge in [0.25, 0.3) is 0 Å². The van der Waals surface area contributed by atoms with Gasteiger partial charge in [0.2, 0.25) is 0 Å². The lowest BCUT2D eigenvalue weighted by Crippen LogP contribution is -2.43. The lowest BCUT2D eigenvalue weighted by Gasteiger charge is -2.34. The second-order valence-corrected chi connectivity index (χ2v) is 6.34. The molecule has 0 amide bonds. The van der Waals surface area contributed by atoms with E-state index in [1.54, 1.807) is 18.2 Å². The molecule has 0 bridgehead atoms. The van der Waals surface area contributed by atoms with E-state index in [2.05, 4.69) is 16.8 Å². The molecule has 5 heteroatoms. The average Bonchev–Trinajstić information content (AvgIpc) is 2.42. The van der Waals surface area contributed by atoms with Gasteiger partial charge in [0, 0.05) is 16.6 Å². The lowest BCUT2D eigenvalue weighted by molar-refractivity contribution is 0.0872. The van der Waals surface area contributed by atoms with E-state index >= 15 is 0 Å². The first kappa shape index (κ1) is 15.8. The van der Waals surface area contributed by atoms with Crippen molar-refractivity contribution in [3.8, 4) is 0 Å². The zero-order valence-electron chi connectivity index (χ0n) is 11.9. The van der Waals surface area contributed by atoms with E-state index in [-0.39, 0.29) is 5.78 Å². The van der Waals surface area contributed by atoms with E-state index in [0.29, 0.717) is 28.2 Å². The number of rotatable bonds is 4. The number of likely N-dealkylation sites (tertiary alicyclic amines) is 1. The van der Waals surface area contributed by atoms with Crippen LogP contribution in [-0.2, 0) is 0 Å². The van der Waals surface area contributed by atoms with Crippen LogP contribution in [-0.4, -0.2) is 55.4 Å². The molecule has 0 radical (unpaired) electrons. The summed E-state index contributed by atoms with van der Waals surface area (Å²) in [5, 5.41) is 1.01. The Bertz CT molecular complexity index is 485. The van der Waals surface area contributed by atoms with Crippen LogP contribution in [0, 0.1) is 0 Å². The van der Waals surface area contributed by atoms with Crippen molar-refractivity contribution in [2.24, 2.45) is 0 Å². The highest BCUT2D eigenvalue weighted by Crippen LogP contribution is 2.22. The molecule has 1 aliphatic rings. The van der Waals surface area contributed by atoms with Crippen molar-refractivity contribution < 1.29 is 4.79 Å². The fraction of sp³-hybridized carbons (Fsp3) is 0.533. The number of carbonyl (C=O) groups is 1. The fourth-order valence-corrected chi connectivity index (χ4v) is 2.98. The number of piperidine rings is 1.